The molecule has 0 bridgehead atoms. The lowest BCUT2D eigenvalue weighted by Crippen LogP contribution is -2.10. The first-order valence-corrected chi connectivity index (χ1v) is 7.74. The zero-order valence-corrected chi connectivity index (χ0v) is 13.0. The van der Waals surface area contributed by atoms with E-state index < -0.39 is 0 Å². The quantitative estimate of drug-likeness (QED) is 0.793. The minimum Gasteiger partial charge on any atom is -0.459 e. The number of anilines is 1. The van der Waals surface area contributed by atoms with E-state index >= 15 is 0 Å². The molecule has 7 heteroatoms. The van der Waals surface area contributed by atoms with Crippen LogP contribution in [0, 0.1) is 6.92 Å². The van der Waals surface area contributed by atoms with Crippen LogP contribution in [0.2, 0.25) is 0 Å². The van der Waals surface area contributed by atoms with Crippen LogP contribution in [0.3, 0.4) is 0 Å². The van der Waals surface area contributed by atoms with Gasteiger partial charge < -0.3 is 13.9 Å². The number of nitrogens with zero attached hydrogens (tertiary/aromatic N) is 1. The Bertz CT molecular complexity index is 870. The van der Waals surface area contributed by atoms with Crippen LogP contribution in [-0.4, -0.2) is 17.7 Å². The highest BCUT2D eigenvalue weighted by Crippen LogP contribution is 2.38. The average molecular weight is 328 g/mol. The van der Waals surface area contributed by atoms with Gasteiger partial charge in [0.05, 0.1) is 12.0 Å². The van der Waals surface area contributed by atoms with Gasteiger partial charge in [-0.2, -0.15) is 0 Å². The number of fused-ring (bicyclic) bond motifs is 1. The molecule has 0 aliphatic carbocycles. The van der Waals surface area contributed by atoms with Gasteiger partial charge in [-0.15, -0.1) is 11.3 Å². The average Bonchev–Trinajstić information content (AvgIpc) is 3.26. The molecule has 0 unspecified atom stereocenters. The van der Waals surface area contributed by atoms with Gasteiger partial charge in [-0.1, -0.05) is 0 Å². The maximum absolute atomic E-state index is 12.0. The summed E-state index contributed by atoms with van der Waals surface area (Å²) in [6, 6.07) is 8.95. The van der Waals surface area contributed by atoms with Gasteiger partial charge in [-0.3, -0.25) is 10.1 Å². The predicted molar refractivity (Wildman–Crippen MR) is 85.1 cm³/mol. The summed E-state index contributed by atoms with van der Waals surface area (Å²) in [6.07, 6.45) is 1.46. The van der Waals surface area contributed by atoms with Gasteiger partial charge in [0, 0.05) is 10.4 Å². The van der Waals surface area contributed by atoms with E-state index in [4.69, 9.17) is 13.9 Å². The van der Waals surface area contributed by atoms with Crippen molar-refractivity contribution in [1.29, 1.82) is 0 Å². The van der Waals surface area contributed by atoms with Crippen LogP contribution in [-0.2, 0) is 0 Å². The first-order valence-electron chi connectivity index (χ1n) is 6.93. The summed E-state index contributed by atoms with van der Waals surface area (Å²) in [6.45, 7) is 2.19. The number of hydrogen-bond acceptors (Lipinski definition) is 6. The van der Waals surface area contributed by atoms with Gasteiger partial charge in [0.15, 0.2) is 22.4 Å². The molecule has 0 spiro atoms. The van der Waals surface area contributed by atoms with Crippen molar-refractivity contribution < 1.29 is 18.7 Å². The fourth-order valence-electron chi connectivity index (χ4n) is 2.33. The molecule has 1 aliphatic heterocycles. The maximum atomic E-state index is 12.0. The second-order valence-electron chi connectivity index (χ2n) is 4.92. The fourth-order valence-corrected chi connectivity index (χ4v) is 3.16. The highest BCUT2D eigenvalue weighted by atomic mass is 32.1. The molecule has 6 nitrogen and oxygen atoms in total. The molecule has 116 valence electrons. The molecule has 3 heterocycles. The summed E-state index contributed by atoms with van der Waals surface area (Å²) in [5.74, 6) is 1.37. The van der Waals surface area contributed by atoms with Crippen LogP contribution in [0.15, 0.2) is 41.0 Å². The topological polar surface area (TPSA) is 73.6 Å². The van der Waals surface area contributed by atoms with Gasteiger partial charge in [0.1, 0.15) is 0 Å². The van der Waals surface area contributed by atoms with Crippen LogP contribution in [0.1, 0.15) is 15.4 Å². The largest absolute Gasteiger partial charge is 0.459 e. The van der Waals surface area contributed by atoms with Gasteiger partial charge in [0.2, 0.25) is 6.79 Å². The minimum absolute atomic E-state index is 0.235. The van der Waals surface area contributed by atoms with E-state index in [9.17, 15) is 4.79 Å². The Morgan fingerprint density at radius 3 is 2.96 bits per heavy atom. The number of carbonyl (C=O) groups is 1. The number of thiazole rings is 1. The lowest BCUT2D eigenvalue weighted by atomic mass is 10.1. The van der Waals surface area contributed by atoms with Gasteiger partial charge in [0.25, 0.3) is 5.91 Å². The molecule has 0 radical (unpaired) electrons. The zero-order valence-electron chi connectivity index (χ0n) is 12.2. The van der Waals surface area contributed by atoms with Crippen molar-refractivity contribution in [1.82, 2.24) is 4.98 Å². The van der Waals surface area contributed by atoms with E-state index in [0.717, 1.165) is 21.9 Å². The number of carbonyl (C=O) groups excluding carboxylic acids is 1. The highest BCUT2D eigenvalue weighted by molar-refractivity contribution is 7.16. The summed E-state index contributed by atoms with van der Waals surface area (Å²) in [4.78, 5) is 17.5. The van der Waals surface area contributed by atoms with Crippen LogP contribution < -0.4 is 14.8 Å². The molecule has 3 aromatic rings. The monoisotopic (exact) mass is 328 g/mol. The van der Waals surface area contributed by atoms with Crippen molar-refractivity contribution in [3.05, 3.63) is 47.2 Å². The highest BCUT2D eigenvalue weighted by Gasteiger charge is 2.18. The Labute approximate surface area is 135 Å². The Hall–Kier alpha value is -2.80. The molecule has 0 saturated heterocycles. The molecule has 23 heavy (non-hydrogen) atoms. The summed E-state index contributed by atoms with van der Waals surface area (Å²) in [5.41, 5.74) is 1.73. The lowest BCUT2D eigenvalue weighted by Gasteiger charge is -2.01. The smallest absolute Gasteiger partial charge is 0.293 e. The number of nitrogens with one attached hydrogen (secondary N) is 1. The van der Waals surface area contributed by atoms with Crippen molar-refractivity contribution in [2.75, 3.05) is 12.1 Å². The number of ether oxygens (including phenoxy) is 2. The number of benzene rings is 1. The molecule has 1 amide bonds. The maximum Gasteiger partial charge on any atom is 0.293 e. The number of aryl methyl sites for hydroxylation is 1. The van der Waals surface area contributed by atoms with Crippen molar-refractivity contribution >= 4 is 22.4 Å². The van der Waals surface area contributed by atoms with Crippen LogP contribution in [0.4, 0.5) is 5.13 Å². The number of amides is 1. The lowest BCUT2D eigenvalue weighted by molar-refractivity contribution is 0.0996. The first kappa shape index (κ1) is 13.8. The molecule has 0 atom stereocenters. The van der Waals surface area contributed by atoms with Crippen molar-refractivity contribution in [3.63, 3.8) is 0 Å². The van der Waals surface area contributed by atoms with E-state index in [1.165, 1.54) is 17.6 Å². The van der Waals surface area contributed by atoms with Gasteiger partial charge >= 0.3 is 0 Å². The Balaban J connectivity index is 1.61. The first-order chi connectivity index (χ1) is 11.2. The fraction of sp³-hybridized carbons (Fsp3) is 0.125. The van der Waals surface area contributed by atoms with Crippen molar-refractivity contribution in [2.45, 2.75) is 6.92 Å². The van der Waals surface area contributed by atoms with E-state index in [-0.39, 0.29) is 18.5 Å². The van der Waals surface area contributed by atoms with Gasteiger partial charge in [-0.05, 0) is 37.3 Å². The molecule has 0 fully saturated rings. The van der Waals surface area contributed by atoms with Crippen LogP contribution in [0.25, 0.3) is 11.3 Å². The second kappa shape index (κ2) is 5.44. The second-order valence-corrected chi connectivity index (χ2v) is 6.13. The molecule has 0 saturated carbocycles. The van der Waals surface area contributed by atoms with E-state index in [0.29, 0.717) is 10.9 Å². The molecule has 1 aromatic carbocycles. The number of hydrogen-bond donors (Lipinski definition) is 1. The third-order valence-electron chi connectivity index (χ3n) is 3.41. The zero-order chi connectivity index (χ0) is 15.8. The number of furan rings is 1. The third kappa shape index (κ3) is 2.55. The van der Waals surface area contributed by atoms with Crippen molar-refractivity contribution in [2.24, 2.45) is 0 Å². The molecular weight excluding hydrogens is 316 g/mol. The Morgan fingerprint density at radius 1 is 1.26 bits per heavy atom. The molecule has 1 N–H and O–H groups in total. The van der Waals surface area contributed by atoms with E-state index in [1.807, 2.05) is 25.1 Å². The number of aromatic nitrogens is 1. The third-order valence-corrected chi connectivity index (χ3v) is 4.29. The number of rotatable bonds is 3. The molecular formula is C16H12N2O4S. The van der Waals surface area contributed by atoms with Crippen LogP contribution in [0.5, 0.6) is 11.5 Å². The van der Waals surface area contributed by atoms with Crippen molar-refractivity contribution in [3.8, 4) is 22.8 Å². The molecule has 1 aliphatic rings. The molecule has 4 rings (SSSR count). The normalized spacial score (nSPS) is 12.4. The van der Waals surface area contributed by atoms with E-state index in [1.54, 1.807) is 12.1 Å². The molecule has 2 aromatic heterocycles. The summed E-state index contributed by atoms with van der Waals surface area (Å²) in [7, 11) is 0. The Morgan fingerprint density at radius 2 is 2.13 bits per heavy atom. The van der Waals surface area contributed by atoms with Crippen LogP contribution >= 0.6 is 11.3 Å². The Kier molecular flexibility index (Phi) is 3.27. The van der Waals surface area contributed by atoms with Gasteiger partial charge in [-0.25, -0.2) is 4.98 Å². The standard InChI is InChI=1S/C16H12N2O4S/c1-9-14(10-4-5-11-13(7-10)22-8-21-11)17-16(23-9)18-15(19)12-3-2-6-20-12/h2-7H,8H2,1H3,(H,17,18,19). The minimum atomic E-state index is -0.319. The summed E-state index contributed by atoms with van der Waals surface area (Å²) in [5, 5.41) is 3.27. The SMILES string of the molecule is Cc1sc(NC(=O)c2ccco2)nc1-c1ccc2c(c1)OCO2. The summed E-state index contributed by atoms with van der Waals surface area (Å²) < 4.78 is 15.8. The van der Waals surface area contributed by atoms with E-state index in [2.05, 4.69) is 10.3 Å². The predicted octanol–water partition coefficient (Wildman–Crippen LogP) is 3.69. The summed E-state index contributed by atoms with van der Waals surface area (Å²) >= 11 is 1.41.